The molecular formula is C21H19N3OS2. The van der Waals surface area contributed by atoms with E-state index in [1.807, 2.05) is 66.9 Å². The summed E-state index contributed by atoms with van der Waals surface area (Å²) in [5.41, 5.74) is 3.78. The maximum atomic E-state index is 12.8. The number of aromatic nitrogens is 1. The maximum Gasteiger partial charge on any atom is 0.255 e. The van der Waals surface area contributed by atoms with Crippen molar-refractivity contribution < 1.29 is 4.79 Å². The molecule has 0 aliphatic rings. The van der Waals surface area contributed by atoms with Gasteiger partial charge in [-0.3, -0.25) is 4.79 Å². The highest BCUT2D eigenvalue weighted by Crippen LogP contribution is 2.26. The van der Waals surface area contributed by atoms with E-state index in [1.165, 1.54) is 0 Å². The van der Waals surface area contributed by atoms with E-state index in [9.17, 15) is 4.79 Å². The normalized spacial score (nSPS) is 10.4. The van der Waals surface area contributed by atoms with E-state index >= 15 is 0 Å². The molecule has 0 fully saturated rings. The number of hydrogen-bond donors (Lipinski definition) is 0. The number of nitriles is 1. The summed E-state index contributed by atoms with van der Waals surface area (Å²) in [5.74, 6) is 0.683. The van der Waals surface area contributed by atoms with Gasteiger partial charge in [-0.25, -0.2) is 4.98 Å². The Bertz CT molecular complexity index is 930. The monoisotopic (exact) mass is 393 g/mol. The molecule has 0 spiro atoms. The number of nitrogens with zero attached hydrogens (tertiary/aromatic N) is 3. The number of benzene rings is 2. The molecule has 4 nitrogen and oxygen atoms in total. The van der Waals surface area contributed by atoms with Gasteiger partial charge in [-0.05, 0) is 30.2 Å². The highest BCUT2D eigenvalue weighted by atomic mass is 32.2. The third kappa shape index (κ3) is 5.43. The predicted molar refractivity (Wildman–Crippen MR) is 110 cm³/mol. The van der Waals surface area contributed by atoms with E-state index in [0.717, 1.165) is 26.9 Å². The molecule has 3 aromatic rings. The van der Waals surface area contributed by atoms with Gasteiger partial charge in [0.05, 0.1) is 6.07 Å². The van der Waals surface area contributed by atoms with Crippen molar-refractivity contribution in [2.75, 3.05) is 6.54 Å². The lowest BCUT2D eigenvalue weighted by Gasteiger charge is -2.20. The first-order valence-corrected chi connectivity index (χ1v) is 10.4. The summed E-state index contributed by atoms with van der Waals surface area (Å²) < 4.78 is 1.05. The minimum atomic E-state index is -0.129. The molecule has 3 rings (SSSR count). The molecule has 136 valence electrons. The van der Waals surface area contributed by atoms with Gasteiger partial charge in [-0.2, -0.15) is 5.26 Å². The summed E-state index contributed by atoms with van der Waals surface area (Å²) >= 11 is 3.34. The predicted octanol–water partition coefficient (Wildman–Crippen LogP) is 4.91. The highest BCUT2D eigenvalue weighted by molar-refractivity contribution is 8.00. The van der Waals surface area contributed by atoms with Crippen molar-refractivity contribution in [2.24, 2.45) is 0 Å². The quantitative estimate of drug-likeness (QED) is 0.423. The Hall–Kier alpha value is -2.62. The van der Waals surface area contributed by atoms with Gasteiger partial charge in [-0.1, -0.05) is 54.2 Å². The Morgan fingerprint density at radius 3 is 2.52 bits per heavy atom. The molecule has 0 unspecified atom stereocenters. The SMILES string of the molecule is Cc1csc(SCc2ccc(C(=O)N(CC#N)Cc3ccccc3)cc2)n1. The minimum absolute atomic E-state index is 0.0642. The average Bonchev–Trinajstić information content (AvgIpc) is 3.12. The van der Waals surface area contributed by atoms with Crippen molar-refractivity contribution in [3.05, 3.63) is 82.4 Å². The molecule has 1 aromatic heterocycles. The fraction of sp³-hybridized carbons (Fsp3) is 0.190. The molecule has 0 atom stereocenters. The molecule has 0 radical (unpaired) electrons. The summed E-state index contributed by atoms with van der Waals surface area (Å²) in [5, 5.41) is 11.1. The zero-order valence-electron chi connectivity index (χ0n) is 15.0. The van der Waals surface area contributed by atoms with Crippen LogP contribution in [0, 0.1) is 18.3 Å². The zero-order chi connectivity index (χ0) is 19.1. The van der Waals surface area contributed by atoms with Gasteiger partial charge in [0.25, 0.3) is 5.91 Å². The summed E-state index contributed by atoms with van der Waals surface area (Å²) in [6.07, 6.45) is 0. The Morgan fingerprint density at radius 1 is 1.15 bits per heavy atom. The molecule has 2 aromatic carbocycles. The number of amides is 1. The minimum Gasteiger partial charge on any atom is -0.321 e. The summed E-state index contributed by atoms with van der Waals surface area (Å²) in [4.78, 5) is 18.8. The molecule has 0 bridgehead atoms. The van der Waals surface area contributed by atoms with E-state index in [2.05, 4.69) is 11.1 Å². The number of rotatable bonds is 7. The highest BCUT2D eigenvalue weighted by Gasteiger charge is 2.16. The lowest BCUT2D eigenvalue weighted by Crippen LogP contribution is -2.30. The Balaban J connectivity index is 1.64. The van der Waals surface area contributed by atoms with Crippen molar-refractivity contribution in [1.29, 1.82) is 5.26 Å². The van der Waals surface area contributed by atoms with Crippen molar-refractivity contribution in [3.8, 4) is 6.07 Å². The summed E-state index contributed by atoms with van der Waals surface area (Å²) in [6.45, 7) is 2.48. The van der Waals surface area contributed by atoms with Crippen LogP contribution in [0.3, 0.4) is 0 Å². The van der Waals surface area contributed by atoms with Gasteiger partial charge in [0.1, 0.15) is 10.9 Å². The first kappa shape index (κ1) is 19.2. The van der Waals surface area contributed by atoms with E-state index in [-0.39, 0.29) is 12.5 Å². The second kappa shape index (κ2) is 9.36. The van der Waals surface area contributed by atoms with E-state index in [1.54, 1.807) is 28.0 Å². The van der Waals surface area contributed by atoms with E-state index < -0.39 is 0 Å². The number of carbonyl (C=O) groups excluding carboxylic acids is 1. The lowest BCUT2D eigenvalue weighted by atomic mass is 10.1. The van der Waals surface area contributed by atoms with E-state index in [0.29, 0.717) is 12.1 Å². The lowest BCUT2D eigenvalue weighted by molar-refractivity contribution is 0.0765. The molecule has 0 saturated carbocycles. The van der Waals surface area contributed by atoms with Crippen LogP contribution in [0.15, 0.2) is 64.3 Å². The Labute approximate surface area is 167 Å². The first-order chi connectivity index (χ1) is 13.2. The summed E-state index contributed by atoms with van der Waals surface area (Å²) in [7, 11) is 0. The second-order valence-electron chi connectivity index (χ2n) is 6.05. The van der Waals surface area contributed by atoms with Gasteiger partial charge in [0.2, 0.25) is 0 Å². The van der Waals surface area contributed by atoms with Crippen LogP contribution in [0.5, 0.6) is 0 Å². The van der Waals surface area contributed by atoms with Crippen molar-refractivity contribution in [3.63, 3.8) is 0 Å². The largest absolute Gasteiger partial charge is 0.321 e. The van der Waals surface area contributed by atoms with Gasteiger partial charge in [0, 0.05) is 28.9 Å². The molecule has 0 aliphatic heterocycles. The van der Waals surface area contributed by atoms with Crippen molar-refractivity contribution in [2.45, 2.75) is 23.6 Å². The average molecular weight is 394 g/mol. The van der Waals surface area contributed by atoms with Crippen molar-refractivity contribution in [1.82, 2.24) is 9.88 Å². The van der Waals surface area contributed by atoms with Crippen molar-refractivity contribution >= 4 is 29.0 Å². The smallest absolute Gasteiger partial charge is 0.255 e. The molecule has 1 heterocycles. The van der Waals surface area contributed by atoms with Crippen LogP contribution in [0.4, 0.5) is 0 Å². The van der Waals surface area contributed by atoms with Gasteiger partial charge in [0.15, 0.2) is 0 Å². The maximum absolute atomic E-state index is 12.8. The van der Waals surface area contributed by atoms with Gasteiger partial charge >= 0.3 is 0 Å². The van der Waals surface area contributed by atoms with Crippen LogP contribution >= 0.6 is 23.1 Å². The Morgan fingerprint density at radius 2 is 1.89 bits per heavy atom. The topological polar surface area (TPSA) is 57.0 Å². The molecule has 6 heteroatoms. The van der Waals surface area contributed by atoms with Gasteiger partial charge in [-0.15, -0.1) is 11.3 Å². The zero-order valence-corrected chi connectivity index (χ0v) is 16.6. The Kier molecular flexibility index (Phi) is 6.64. The van der Waals surface area contributed by atoms with Crippen LogP contribution in [0.1, 0.15) is 27.2 Å². The molecule has 27 heavy (non-hydrogen) atoms. The molecule has 0 N–H and O–H groups in total. The molecule has 1 amide bonds. The number of carbonyl (C=O) groups is 1. The standard InChI is InChI=1S/C21H19N3OS2/c1-16-14-26-21(23-16)27-15-18-7-9-19(10-8-18)20(25)24(12-11-22)13-17-5-3-2-4-6-17/h2-10,14H,12-13,15H2,1H3. The summed E-state index contributed by atoms with van der Waals surface area (Å²) in [6, 6.07) is 19.4. The van der Waals surface area contributed by atoms with Crippen LogP contribution in [-0.4, -0.2) is 22.3 Å². The number of thiazole rings is 1. The van der Waals surface area contributed by atoms with Crippen LogP contribution < -0.4 is 0 Å². The second-order valence-corrected chi connectivity index (χ2v) is 8.13. The fourth-order valence-corrected chi connectivity index (χ4v) is 4.36. The third-order valence-corrected chi connectivity index (χ3v) is 6.14. The van der Waals surface area contributed by atoms with E-state index in [4.69, 9.17) is 5.26 Å². The van der Waals surface area contributed by atoms with Crippen LogP contribution in [0.2, 0.25) is 0 Å². The first-order valence-electron chi connectivity index (χ1n) is 8.50. The molecular weight excluding hydrogens is 374 g/mol. The third-order valence-electron chi connectivity index (χ3n) is 3.93. The number of aryl methyl sites for hydroxylation is 1. The molecule has 0 saturated heterocycles. The number of hydrogen-bond acceptors (Lipinski definition) is 5. The molecule has 0 aliphatic carbocycles. The van der Waals surface area contributed by atoms with Crippen LogP contribution in [-0.2, 0) is 12.3 Å². The van der Waals surface area contributed by atoms with Gasteiger partial charge < -0.3 is 4.90 Å². The fourth-order valence-electron chi connectivity index (χ4n) is 2.56. The number of thioether (sulfide) groups is 1. The van der Waals surface area contributed by atoms with Crippen LogP contribution in [0.25, 0.3) is 0 Å².